The van der Waals surface area contributed by atoms with Gasteiger partial charge in [0.05, 0.1) is 6.61 Å². The molecule has 358 valence electrons. The number of carbonyl (C=O) groups is 2. The normalized spacial score (nSPS) is 12.8. The Morgan fingerprint density at radius 1 is 0.371 bits per heavy atom. The van der Waals surface area contributed by atoms with Crippen molar-refractivity contribution in [2.45, 2.75) is 258 Å². The standard InChI is InChI=1S/C57H100O5/c1-4-7-10-13-16-19-22-24-26-28-29-31-32-34-36-38-41-44-47-50-56(58)61-54-55(53-60-52-49-46-43-40-21-18-15-12-9-6-3)62-57(59)51-48-45-42-39-37-35-33-30-27-25-23-20-17-14-11-8-5-2/h8,11,17,20,24-27,33,35,39,42,55H,4-7,9-10,12-16,18-19,21-23,28-32,34,36-38,40-41,43-54H2,1-3H3/b11-8-,20-17-,26-24-,27-25-,35-33-,42-39-. The summed E-state index contributed by atoms with van der Waals surface area (Å²) >= 11 is 0. The largest absolute Gasteiger partial charge is 0.462 e. The SMILES string of the molecule is CC/C=C\C/C=C\C/C=C\C/C=C\C/C=C\CCCC(=O)OC(COCCCCCCCCCCCC)COC(=O)CCCCCCCCCCC/C=C\CCCCCCCC. The van der Waals surface area contributed by atoms with Crippen LogP contribution in [0.4, 0.5) is 0 Å². The number of carbonyl (C=O) groups excluding carboxylic acids is 2. The fraction of sp³-hybridized carbons (Fsp3) is 0.754. The number of rotatable bonds is 48. The molecule has 0 fully saturated rings. The van der Waals surface area contributed by atoms with Crippen molar-refractivity contribution in [3.8, 4) is 0 Å². The molecule has 0 aromatic carbocycles. The minimum atomic E-state index is -0.565. The summed E-state index contributed by atoms with van der Waals surface area (Å²) < 4.78 is 17.3. The van der Waals surface area contributed by atoms with E-state index < -0.39 is 6.10 Å². The molecular formula is C57H100O5. The third-order valence-corrected chi connectivity index (χ3v) is 11.2. The molecule has 0 radical (unpaired) electrons. The molecule has 0 spiro atoms. The van der Waals surface area contributed by atoms with Gasteiger partial charge in [0.15, 0.2) is 6.10 Å². The molecule has 0 saturated heterocycles. The highest BCUT2D eigenvalue weighted by Gasteiger charge is 2.17. The molecule has 0 aliphatic carbocycles. The third kappa shape index (κ3) is 50.0. The zero-order valence-electron chi connectivity index (χ0n) is 41.1. The monoisotopic (exact) mass is 865 g/mol. The fourth-order valence-electron chi connectivity index (χ4n) is 7.31. The molecule has 0 N–H and O–H groups in total. The first-order chi connectivity index (χ1) is 30.6. The lowest BCUT2D eigenvalue weighted by Gasteiger charge is -2.18. The molecule has 0 saturated carbocycles. The Morgan fingerprint density at radius 2 is 0.742 bits per heavy atom. The van der Waals surface area contributed by atoms with E-state index >= 15 is 0 Å². The van der Waals surface area contributed by atoms with Crippen molar-refractivity contribution in [3.63, 3.8) is 0 Å². The number of allylic oxidation sites excluding steroid dienone is 12. The van der Waals surface area contributed by atoms with E-state index in [1.165, 1.54) is 148 Å². The van der Waals surface area contributed by atoms with Crippen molar-refractivity contribution in [1.29, 1.82) is 0 Å². The van der Waals surface area contributed by atoms with Crippen molar-refractivity contribution in [2.75, 3.05) is 19.8 Å². The van der Waals surface area contributed by atoms with E-state index in [2.05, 4.69) is 93.7 Å². The third-order valence-electron chi connectivity index (χ3n) is 11.2. The predicted octanol–water partition coefficient (Wildman–Crippen LogP) is 17.9. The molecule has 0 aromatic rings. The first-order valence-corrected chi connectivity index (χ1v) is 26.5. The van der Waals surface area contributed by atoms with Gasteiger partial charge in [0.1, 0.15) is 6.61 Å². The lowest BCUT2D eigenvalue weighted by atomic mass is 10.1. The molecule has 1 unspecified atom stereocenters. The lowest BCUT2D eigenvalue weighted by Crippen LogP contribution is -2.30. The molecule has 0 bridgehead atoms. The minimum absolute atomic E-state index is 0.0618. The molecule has 0 aliphatic rings. The highest BCUT2D eigenvalue weighted by atomic mass is 16.6. The van der Waals surface area contributed by atoms with Gasteiger partial charge in [0.25, 0.3) is 0 Å². The van der Waals surface area contributed by atoms with Crippen LogP contribution in [0.2, 0.25) is 0 Å². The molecule has 0 amide bonds. The van der Waals surface area contributed by atoms with Gasteiger partial charge in [-0.3, -0.25) is 9.59 Å². The van der Waals surface area contributed by atoms with E-state index in [1.807, 2.05) is 0 Å². The van der Waals surface area contributed by atoms with Crippen molar-refractivity contribution in [3.05, 3.63) is 72.9 Å². The summed E-state index contributed by atoms with van der Waals surface area (Å²) in [7, 11) is 0. The zero-order chi connectivity index (χ0) is 44.9. The summed E-state index contributed by atoms with van der Waals surface area (Å²) in [6.07, 6.45) is 67.8. The number of ether oxygens (including phenoxy) is 3. The second-order valence-electron chi connectivity index (χ2n) is 17.4. The molecule has 0 heterocycles. The van der Waals surface area contributed by atoms with Crippen molar-refractivity contribution < 1.29 is 23.8 Å². The van der Waals surface area contributed by atoms with Crippen LogP contribution >= 0.6 is 0 Å². The molecular weight excluding hydrogens is 765 g/mol. The summed E-state index contributed by atoms with van der Waals surface area (Å²) in [6, 6.07) is 0. The van der Waals surface area contributed by atoms with Gasteiger partial charge in [-0.1, -0.05) is 229 Å². The van der Waals surface area contributed by atoms with Crippen LogP contribution in [0.25, 0.3) is 0 Å². The van der Waals surface area contributed by atoms with Crippen LogP contribution in [0.1, 0.15) is 252 Å². The molecule has 5 heteroatoms. The van der Waals surface area contributed by atoms with E-state index in [9.17, 15) is 9.59 Å². The Hall–Kier alpha value is -2.66. The van der Waals surface area contributed by atoms with E-state index in [-0.39, 0.29) is 25.2 Å². The van der Waals surface area contributed by atoms with Crippen LogP contribution < -0.4 is 0 Å². The number of esters is 2. The van der Waals surface area contributed by atoms with Crippen molar-refractivity contribution >= 4 is 11.9 Å². The second kappa shape index (κ2) is 52.7. The van der Waals surface area contributed by atoms with Crippen molar-refractivity contribution in [2.24, 2.45) is 0 Å². The predicted molar refractivity (Wildman–Crippen MR) is 270 cm³/mol. The Kier molecular flexibility index (Phi) is 50.4. The maximum absolute atomic E-state index is 12.8. The summed E-state index contributed by atoms with van der Waals surface area (Å²) in [5, 5.41) is 0. The van der Waals surface area contributed by atoms with Crippen LogP contribution in [0.15, 0.2) is 72.9 Å². The Labute approximate surface area is 385 Å². The Bertz CT molecular complexity index is 1110. The number of hydrogen-bond acceptors (Lipinski definition) is 5. The highest BCUT2D eigenvalue weighted by molar-refractivity contribution is 5.70. The lowest BCUT2D eigenvalue weighted by molar-refractivity contribution is -0.162. The first-order valence-electron chi connectivity index (χ1n) is 26.5. The van der Waals surface area contributed by atoms with Gasteiger partial charge in [0.2, 0.25) is 0 Å². The molecule has 0 aromatic heterocycles. The Morgan fingerprint density at radius 3 is 1.23 bits per heavy atom. The average molecular weight is 865 g/mol. The zero-order valence-corrected chi connectivity index (χ0v) is 41.1. The van der Waals surface area contributed by atoms with Gasteiger partial charge in [0, 0.05) is 19.4 Å². The highest BCUT2D eigenvalue weighted by Crippen LogP contribution is 2.14. The summed E-state index contributed by atoms with van der Waals surface area (Å²) in [4.78, 5) is 25.4. The van der Waals surface area contributed by atoms with Gasteiger partial charge in [-0.2, -0.15) is 0 Å². The smallest absolute Gasteiger partial charge is 0.306 e. The van der Waals surface area contributed by atoms with Crippen LogP contribution in [0, 0.1) is 0 Å². The average Bonchev–Trinajstić information content (AvgIpc) is 3.27. The molecule has 5 nitrogen and oxygen atoms in total. The maximum Gasteiger partial charge on any atom is 0.306 e. The molecule has 62 heavy (non-hydrogen) atoms. The van der Waals surface area contributed by atoms with Crippen LogP contribution in [-0.2, 0) is 23.8 Å². The summed E-state index contributed by atoms with van der Waals surface area (Å²) in [5.41, 5.74) is 0. The van der Waals surface area contributed by atoms with Gasteiger partial charge in [-0.15, -0.1) is 0 Å². The number of hydrogen-bond donors (Lipinski definition) is 0. The quantitative estimate of drug-likeness (QED) is 0.0346. The van der Waals surface area contributed by atoms with Gasteiger partial charge >= 0.3 is 11.9 Å². The summed E-state index contributed by atoms with van der Waals surface area (Å²) in [5.74, 6) is -0.461. The topological polar surface area (TPSA) is 61.8 Å². The van der Waals surface area contributed by atoms with E-state index in [0.717, 1.165) is 70.6 Å². The van der Waals surface area contributed by atoms with Gasteiger partial charge in [-0.25, -0.2) is 0 Å². The van der Waals surface area contributed by atoms with Crippen molar-refractivity contribution in [1.82, 2.24) is 0 Å². The number of unbranched alkanes of at least 4 members (excludes halogenated alkanes) is 25. The molecule has 0 aliphatic heterocycles. The van der Waals surface area contributed by atoms with Gasteiger partial charge < -0.3 is 14.2 Å². The van der Waals surface area contributed by atoms with Gasteiger partial charge in [-0.05, 0) is 83.5 Å². The molecule has 0 rings (SSSR count). The Balaban J connectivity index is 4.28. The van der Waals surface area contributed by atoms with Crippen LogP contribution in [-0.4, -0.2) is 37.9 Å². The van der Waals surface area contributed by atoms with E-state index in [0.29, 0.717) is 19.4 Å². The summed E-state index contributed by atoms with van der Waals surface area (Å²) in [6.45, 7) is 7.66. The first kappa shape index (κ1) is 59.3. The fourth-order valence-corrected chi connectivity index (χ4v) is 7.31. The second-order valence-corrected chi connectivity index (χ2v) is 17.4. The van der Waals surface area contributed by atoms with E-state index in [1.54, 1.807) is 0 Å². The minimum Gasteiger partial charge on any atom is -0.462 e. The van der Waals surface area contributed by atoms with Crippen LogP contribution in [0.3, 0.4) is 0 Å². The maximum atomic E-state index is 12.8. The van der Waals surface area contributed by atoms with Crippen LogP contribution in [0.5, 0.6) is 0 Å². The van der Waals surface area contributed by atoms with E-state index in [4.69, 9.17) is 14.2 Å². The molecule has 1 atom stereocenters.